The summed E-state index contributed by atoms with van der Waals surface area (Å²) in [5, 5.41) is 19.4. The summed E-state index contributed by atoms with van der Waals surface area (Å²) in [5.41, 5.74) is 9.62. The van der Waals surface area contributed by atoms with Crippen LogP contribution in [0.1, 0.15) is 12.5 Å². The molecule has 0 saturated heterocycles. The van der Waals surface area contributed by atoms with Gasteiger partial charge >= 0.3 is 0 Å². The lowest BCUT2D eigenvalue weighted by atomic mass is 9.98. The average molecular weight is 332 g/mol. The second kappa shape index (κ2) is 6.93. The zero-order valence-electron chi connectivity index (χ0n) is 13.8. The lowest BCUT2D eigenvalue weighted by Gasteiger charge is -2.10. The molecule has 124 valence electrons. The third-order valence-electron chi connectivity index (χ3n) is 3.86. The van der Waals surface area contributed by atoms with Crippen molar-refractivity contribution in [2.75, 3.05) is 12.3 Å². The molecule has 1 aromatic heterocycles. The largest absolute Gasteiger partial charge is 0.504 e. The van der Waals surface area contributed by atoms with Gasteiger partial charge in [-0.2, -0.15) is 5.26 Å². The van der Waals surface area contributed by atoms with E-state index in [0.29, 0.717) is 29.3 Å². The number of hydrogen-bond acceptors (Lipinski definition) is 4. The summed E-state index contributed by atoms with van der Waals surface area (Å²) in [6.45, 7) is 2.28. The van der Waals surface area contributed by atoms with E-state index < -0.39 is 0 Å². The topological polar surface area (TPSA) is 93.4 Å². The molecular weight excluding hydrogens is 314 g/mol. The van der Waals surface area contributed by atoms with Crippen LogP contribution in [0.15, 0.2) is 54.6 Å². The first-order valence-electron chi connectivity index (χ1n) is 7.91. The van der Waals surface area contributed by atoms with Gasteiger partial charge in [0.05, 0.1) is 6.61 Å². The molecule has 0 saturated carbocycles. The molecule has 0 unspecified atom stereocenters. The van der Waals surface area contributed by atoms with Crippen molar-refractivity contribution < 1.29 is 14.8 Å². The number of anilines is 1. The van der Waals surface area contributed by atoms with Crippen LogP contribution in [0.5, 0.6) is 11.5 Å². The van der Waals surface area contributed by atoms with Gasteiger partial charge in [-0.3, -0.25) is 5.73 Å². The van der Waals surface area contributed by atoms with E-state index in [-0.39, 0.29) is 5.75 Å². The van der Waals surface area contributed by atoms with Crippen molar-refractivity contribution >= 4 is 5.82 Å². The number of nitrogens with one attached hydrogen (secondary N) is 1. The number of aromatic hydroxyl groups is 1. The van der Waals surface area contributed by atoms with Crippen molar-refractivity contribution in [3.63, 3.8) is 0 Å². The predicted octanol–water partition coefficient (Wildman–Crippen LogP) is 3.39. The summed E-state index contributed by atoms with van der Waals surface area (Å²) >= 11 is 0. The molecule has 0 fully saturated rings. The number of aromatic amines is 1. The molecule has 3 aromatic rings. The van der Waals surface area contributed by atoms with Crippen LogP contribution < -0.4 is 15.5 Å². The Morgan fingerprint density at radius 1 is 1.12 bits per heavy atom. The Labute approximate surface area is 146 Å². The molecule has 25 heavy (non-hydrogen) atoms. The van der Waals surface area contributed by atoms with Gasteiger partial charge in [-0.15, -0.1) is 0 Å². The number of pyridine rings is 1. The third-order valence-corrected chi connectivity index (χ3v) is 3.86. The zero-order chi connectivity index (χ0) is 17.8. The summed E-state index contributed by atoms with van der Waals surface area (Å²) < 4.78 is 5.45. The van der Waals surface area contributed by atoms with Crippen molar-refractivity contribution in [1.82, 2.24) is 0 Å². The van der Waals surface area contributed by atoms with E-state index in [1.54, 1.807) is 18.2 Å². The minimum absolute atomic E-state index is 0.0582. The summed E-state index contributed by atoms with van der Waals surface area (Å²) in [7, 11) is 0. The normalized spacial score (nSPS) is 10.2. The number of aromatic nitrogens is 1. The Morgan fingerprint density at radius 3 is 2.56 bits per heavy atom. The van der Waals surface area contributed by atoms with Crippen molar-refractivity contribution in [1.29, 1.82) is 5.26 Å². The van der Waals surface area contributed by atoms with Crippen molar-refractivity contribution in [3.05, 3.63) is 60.2 Å². The van der Waals surface area contributed by atoms with Crippen LogP contribution >= 0.6 is 0 Å². The van der Waals surface area contributed by atoms with Gasteiger partial charge in [0.25, 0.3) is 5.82 Å². The lowest BCUT2D eigenvalue weighted by molar-refractivity contribution is -0.346. The molecule has 0 atom stereocenters. The molecule has 3 rings (SSSR count). The first kappa shape index (κ1) is 16.3. The summed E-state index contributed by atoms with van der Waals surface area (Å²) in [6.07, 6.45) is 0. The average Bonchev–Trinajstić information content (AvgIpc) is 2.64. The standard InChI is InChI=1S/C20H17N3O2/c1-2-25-19-10-14(8-9-18(19)24)15-11-17(13-6-4-3-5-7-13)23-20(22)16(15)12-21/h3-11,24H,2H2,1H3,(H2,22,23)/p+1. The highest BCUT2D eigenvalue weighted by Gasteiger charge is 2.18. The van der Waals surface area contributed by atoms with Crippen molar-refractivity contribution in [3.8, 4) is 40.0 Å². The Morgan fingerprint density at radius 2 is 1.88 bits per heavy atom. The van der Waals surface area contributed by atoms with Crippen LogP contribution in [0.3, 0.4) is 0 Å². The van der Waals surface area contributed by atoms with Crippen LogP contribution in [-0.2, 0) is 0 Å². The number of phenolic OH excluding ortho intramolecular Hbond substituents is 1. The van der Waals surface area contributed by atoms with Gasteiger partial charge in [-0.1, -0.05) is 36.4 Å². The Balaban J connectivity index is 2.20. The number of nitrogen functional groups attached to an aromatic ring is 1. The van der Waals surface area contributed by atoms with Crippen molar-refractivity contribution in [2.45, 2.75) is 6.92 Å². The first-order chi connectivity index (χ1) is 12.1. The van der Waals surface area contributed by atoms with Crippen LogP contribution in [0, 0.1) is 11.3 Å². The summed E-state index contributed by atoms with van der Waals surface area (Å²) in [6, 6.07) is 18.8. The second-order valence-electron chi connectivity index (χ2n) is 5.48. The van der Waals surface area contributed by atoms with E-state index in [1.165, 1.54) is 0 Å². The van der Waals surface area contributed by atoms with E-state index in [4.69, 9.17) is 10.5 Å². The minimum Gasteiger partial charge on any atom is -0.504 e. The Kier molecular flexibility index (Phi) is 4.53. The van der Waals surface area contributed by atoms with Gasteiger partial charge in [0.1, 0.15) is 17.3 Å². The van der Waals surface area contributed by atoms with Gasteiger partial charge in [0.15, 0.2) is 11.5 Å². The molecule has 0 bridgehead atoms. The molecule has 0 amide bonds. The maximum absolute atomic E-state index is 9.91. The van der Waals surface area contributed by atoms with Crippen LogP contribution in [0.4, 0.5) is 5.82 Å². The predicted molar refractivity (Wildman–Crippen MR) is 95.8 cm³/mol. The molecule has 0 spiro atoms. The number of nitrogens with zero attached hydrogens (tertiary/aromatic N) is 1. The van der Waals surface area contributed by atoms with Crippen LogP contribution in [-0.4, -0.2) is 11.7 Å². The number of rotatable bonds is 4. The van der Waals surface area contributed by atoms with Gasteiger partial charge in [-0.25, -0.2) is 4.98 Å². The maximum Gasteiger partial charge on any atom is 0.289 e. The van der Waals surface area contributed by atoms with Crippen molar-refractivity contribution in [2.24, 2.45) is 0 Å². The Hall–Kier alpha value is -3.52. The molecular formula is C20H18N3O2+. The SMILES string of the molecule is CCOc1cc(-c2cc(-c3ccccc3)[nH+]c(N)c2C#N)ccc1O. The molecule has 5 heteroatoms. The molecule has 0 aliphatic heterocycles. The maximum atomic E-state index is 9.91. The minimum atomic E-state index is 0.0582. The van der Waals surface area contributed by atoms with Gasteiger partial charge in [0, 0.05) is 11.1 Å². The number of H-pyrrole nitrogens is 1. The molecule has 1 heterocycles. The first-order valence-corrected chi connectivity index (χ1v) is 7.91. The number of ether oxygens (including phenoxy) is 1. The highest BCUT2D eigenvalue weighted by molar-refractivity contribution is 5.79. The third kappa shape index (κ3) is 3.24. The quantitative estimate of drug-likeness (QED) is 0.766. The number of benzene rings is 2. The number of nitriles is 1. The number of phenols is 1. The lowest BCUT2D eigenvalue weighted by Crippen LogP contribution is -2.16. The molecule has 2 aromatic carbocycles. The van der Waals surface area contributed by atoms with Crippen LogP contribution in [0.25, 0.3) is 22.4 Å². The zero-order valence-corrected chi connectivity index (χ0v) is 13.8. The monoisotopic (exact) mass is 332 g/mol. The van der Waals surface area contributed by atoms with E-state index in [0.717, 1.165) is 16.8 Å². The van der Waals surface area contributed by atoms with Gasteiger partial charge < -0.3 is 9.84 Å². The molecule has 0 aliphatic carbocycles. The van der Waals surface area contributed by atoms with Gasteiger partial charge in [-0.05, 0) is 30.7 Å². The summed E-state index contributed by atoms with van der Waals surface area (Å²) in [5.74, 6) is 0.726. The second-order valence-corrected chi connectivity index (χ2v) is 5.48. The van der Waals surface area contributed by atoms with E-state index in [2.05, 4.69) is 11.1 Å². The highest BCUT2D eigenvalue weighted by atomic mass is 16.5. The highest BCUT2D eigenvalue weighted by Crippen LogP contribution is 2.35. The van der Waals surface area contributed by atoms with Crippen LogP contribution in [0.2, 0.25) is 0 Å². The van der Waals surface area contributed by atoms with E-state index in [9.17, 15) is 10.4 Å². The van der Waals surface area contributed by atoms with E-state index in [1.807, 2.05) is 43.3 Å². The van der Waals surface area contributed by atoms with Gasteiger partial charge in [0.2, 0.25) is 0 Å². The fraction of sp³-hybridized carbons (Fsp3) is 0.100. The number of nitrogens with two attached hydrogens (primary N) is 1. The smallest absolute Gasteiger partial charge is 0.289 e. The Bertz CT molecular complexity index is 947. The molecule has 5 nitrogen and oxygen atoms in total. The number of hydrogen-bond donors (Lipinski definition) is 2. The molecule has 0 aliphatic rings. The fourth-order valence-electron chi connectivity index (χ4n) is 2.68. The molecule has 4 N–H and O–H groups in total. The molecule has 0 radical (unpaired) electrons. The fourth-order valence-corrected chi connectivity index (χ4v) is 2.68. The van der Waals surface area contributed by atoms with E-state index >= 15 is 0 Å². The summed E-state index contributed by atoms with van der Waals surface area (Å²) in [4.78, 5) is 3.08.